The third-order valence-electron chi connectivity index (χ3n) is 4.20. The van der Waals surface area contributed by atoms with Gasteiger partial charge in [0.15, 0.2) is 0 Å². The molecule has 1 saturated carbocycles. The monoisotopic (exact) mass is 255 g/mol. The molecule has 3 atom stereocenters. The van der Waals surface area contributed by atoms with Crippen LogP contribution in [0.2, 0.25) is 0 Å². The van der Waals surface area contributed by atoms with Crippen molar-refractivity contribution >= 4 is 5.91 Å². The zero-order chi connectivity index (χ0) is 13.5. The summed E-state index contributed by atoms with van der Waals surface area (Å²) in [7, 11) is 2.18. The number of hydrogen-bond donors (Lipinski definition) is 2. The van der Waals surface area contributed by atoms with Crippen molar-refractivity contribution in [3.05, 3.63) is 0 Å². The normalized spacial score (nSPS) is 26.2. The zero-order valence-electron chi connectivity index (χ0n) is 12.1. The van der Waals surface area contributed by atoms with Gasteiger partial charge in [-0.15, -0.1) is 0 Å². The molecule has 3 unspecified atom stereocenters. The molecule has 0 aromatic heterocycles. The molecule has 1 rings (SSSR count). The van der Waals surface area contributed by atoms with Crippen LogP contribution in [-0.2, 0) is 4.79 Å². The number of primary amides is 1. The average molecular weight is 255 g/mol. The molecule has 0 radical (unpaired) electrons. The summed E-state index contributed by atoms with van der Waals surface area (Å²) in [6, 6.07) is 0.491. The minimum absolute atomic E-state index is 0.184. The summed E-state index contributed by atoms with van der Waals surface area (Å²) in [6.07, 6.45) is 6.14. The largest absolute Gasteiger partial charge is 0.368 e. The molecule has 4 nitrogen and oxygen atoms in total. The van der Waals surface area contributed by atoms with Crippen molar-refractivity contribution in [2.24, 2.45) is 11.7 Å². The predicted molar refractivity (Wildman–Crippen MR) is 75.3 cm³/mol. The van der Waals surface area contributed by atoms with Crippen molar-refractivity contribution in [3.63, 3.8) is 0 Å². The quantitative estimate of drug-likeness (QED) is 0.722. The number of nitrogens with one attached hydrogen (secondary N) is 1. The Bertz CT molecular complexity index is 257. The van der Waals surface area contributed by atoms with Crippen molar-refractivity contribution in [3.8, 4) is 0 Å². The van der Waals surface area contributed by atoms with E-state index >= 15 is 0 Å². The minimum Gasteiger partial charge on any atom is -0.368 e. The Labute approximate surface area is 111 Å². The number of nitrogens with two attached hydrogens (primary N) is 1. The Morgan fingerprint density at radius 1 is 1.44 bits per heavy atom. The van der Waals surface area contributed by atoms with Crippen LogP contribution in [0.25, 0.3) is 0 Å². The first-order chi connectivity index (χ1) is 8.56. The van der Waals surface area contributed by atoms with E-state index in [1.165, 1.54) is 25.7 Å². The zero-order valence-corrected chi connectivity index (χ0v) is 12.1. The van der Waals surface area contributed by atoms with Crippen molar-refractivity contribution in [1.29, 1.82) is 0 Å². The summed E-state index contributed by atoms with van der Waals surface area (Å²) >= 11 is 0. The second-order valence-corrected chi connectivity index (χ2v) is 5.61. The highest BCUT2D eigenvalue weighted by Gasteiger charge is 2.25. The van der Waals surface area contributed by atoms with Crippen molar-refractivity contribution < 1.29 is 4.79 Å². The van der Waals surface area contributed by atoms with Crippen LogP contribution in [-0.4, -0.2) is 43.0 Å². The molecule has 0 aliphatic heterocycles. The maximum absolute atomic E-state index is 11.3. The number of carbonyl (C=O) groups excluding carboxylic acids is 1. The second kappa shape index (κ2) is 7.74. The summed E-state index contributed by atoms with van der Waals surface area (Å²) in [6.45, 7) is 6.08. The molecule has 3 N–H and O–H groups in total. The number of nitrogens with zero attached hydrogens (tertiary/aromatic N) is 1. The highest BCUT2D eigenvalue weighted by atomic mass is 16.1. The Morgan fingerprint density at radius 3 is 2.67 bits per heavy atom. The van der Waals surface area contributed by atoms with Gasteiger partial charge in [-0.1, -0.05) is 26.7 Å². The summed E-state index contributed by atoms with van der Waals surface area (Å²) in [5, 5.41) is 3.15. The molecule has 0 heterocycles. The fourth-order valence-corrected chi connectivity index (χ4v) is 3.04. The number of amides is 1. The van der Waals surface area contributed by atoms with E-state index in [-0.39, 0.29) is 11.9 Å². The lowest BCUT2D eigenvalue weighted by Gasteiger charge is -2.36. The van der Waals surface area contributed by atoms with Gasteiger partial charge in [-0.05, 0) is 38.8 Å². The second-order valence-electron chi connectivity index (χ2n) is 5.61. The van der Waals surface area contributed by atoms with E-state index in [1.54, 1.807) is 0 Å². The highest BCUT2D eigenvalue weighted by molar-refractivity contribution is 5.79. The van der Waals surface area contributed by atoms with Crippen LogP contribution in [0.15, 0.2) is 0 Å². The predicted octanol–water partition coefficient (Wildman–Crippen LogP) is 1.35. The molecule has 18 heavy (non-hydrogen) atoms. The van der Waals surface area contributed by atoms with Crippen molar-refractivity contribution in [1.82, 2.24) is 10.2 Å². The van der Waals surface area contributed by atoms with E-state index in [1.807, 2.05) is 6.92 Å². The van der Waals surface area contributed by atoms with Crippen LogP contribution in [0.5, 0.6) is 0 Å². The van der Waals surface area contributed by atoms with Gasteiger partial charge in [0, 0.05) is 12.6 Å². The number of likely N-dealkylation sites (N-methyl/N-ethyl adjacent to an activating group) is 1. The Balaban J connectivity index is 2.38. The lowest BCUT2D eigenvalue weighted by Crippen LogP contribution is -2.45. The molecule has 1 aliphatic carbocycles. The molecular weight excluding hydrogens is 226 g/mol. The minimum atomic E-state index is -0.234. The Kier molecular flexibility index (Phi) is 6.65. The van der Waals surface area contributed by atoms with Gasteiger partial charge in [0.05, 0.1) is 6.04 Å². The van der Waals surface area contributed by atoms with Gasteiger partial charge in [0.25, 0.3) is 0 Å². The third-order valence-corrected chi connectivity index (χ3v) is 4.20. The lowest BCUT2D eigenvalue weighted by atomic mass is 9.85. The third kappa shape index (κ3) is 4.58. The Morgan fingerprint density at radius 2 is 2.11 bits per heavy atom. The van der Waals surface area contributed by atoms with E-state index < -0.39 is 0 Å². The highest BCUT2D eigenvalue weighted by Crippen LogP contribution is 2.27. The smallest absolute Gasteiger partial charge is 0.234 e. The van der Waals surface area contributed by atoms with Crippen LogP contribution in [0.4, 0.5) is 0 Å². The van der Waals surface area contributed by atoms with Gasteiger partial charge in [-0.3, -0.25) is 4.79 Å². The lowest BCUT2D eigenvalue weighted by molar-refractivity contribution is -0.120. The standard InChI is InChI=1S/C14H29N3O/c1-4-16-12(14(15)18)9-10-17(3)13-8-6-5-7-11(13)2/h11-13,16H,4-10H2,1-3H3,(H2,15,18). The molecule has 1 aliphatic rings. The first-order valence-corrected chi connectivity index (χ1v) is 7.29. The summed E-state index contributed by atoms with van der Waals surface area (Å²) in [4.78, 5) is 13.7. The maximum Gasteiger partial charge on any atom is 0.234 e. The van der Waals surface area contributed by atoms with Gasteiger partial charge in [-0.2, -0.15) is 0 Å². The fourth-order valence-electron chi connectivity index (χ4n) is 3.04. The molecule has 0 saturated heterocycles. The fraction of sp³-hybridized carbons (Fsp3) is 0.929. The van der Waals surface area contributed by atoms with Gasteiger partial charge in [0.2, 0.25) is 5.91 Å². The van der Waals surface area contributed by atoms with Crippen LogP contribution >= 0.6 is 0 Å². The summed E-state index contributed by atoms with van der Waals surface area (Å²) in [5.41, 5.74) is 5.39. The molecular formula is C14H29N3O. The van der Waals surface area contributed by atoms with E-state index in [9.17, 15) is 4.79 Å². The van der Waals surface area contributed by atoms with E-state index in [0.29, 0.717) is 6.04 Å². The van der Waals surface area contributed by atoms with Crippen LogP contribution in [0, 0.1) is 5.92 Å². The van der Waals surface area contributed by atoms with Gasteiger partial charge in [0.1, 0.15) is 0 Å². The van der Waals surface area contributed by atoms with Gasteiger partial charge in [-0.25, -0.2) is 0 Å². The van der Waals surface area contributed by atoms with E-state index in [2.05, 4.69) is 24.2 Å². The number of rotatable bonds is 7. The van der Waals surface area contributed by atoms with E-state index in [4.69, 9.17) is 5.73 Å². The van der Waals surface area contributed by atoms with Crippen LogP contribution < -0.4 is 11.1 Å². The van der Waals surface area contributed by atoms with Crippen LogP contribution in [0.1, 0.15) is 46.0 Å². The molecule has 4 heteroatoms. The molecule has 0 spiro atoms. The molecule has 1 amide bonds. The van der Waals surface area contributed by atoms with Crippen molar-refractivity contribution in [2.75, 3.05) is 20.1 Å². The molecule has 0 aromatic carbocycles. The molecule has 1 fully saturated rings. The first-order valence-electron chi connectivity index (χ1n) is 7.29. The average Bonchev–Trinajstić information content (AvgIpc) is 2.34. The number of carbonyl (C=O) groups is 1. The SMILES string of the molecule is CCNC(CCN(C)C1CCCCC1C)C(N)=O. The maximum atomic E-state index is 11.3. The number of hydrogen-bond acceptors (Lipinski definition) is 3. The van der Waals surface area contributed by atoms with Gasteiger partial charge >= 0.3 is 0 Å². The van der Waals surface area contributed by atoms with Crippen LogP contribution in [0.3, 0.4) is 0 Å². The molecule has 0 aromatic rings. The topological polar surface area (TPSA) is 58.4 Å². The molecule has 0 bridgehead atoms. The summed E-state index contributed by atoms with van der Waals surface area (Å²) in [5.74, 6) is 0.539. The molecule has 106 valence electrons. The summed E-state index contributed by atoms with van der Waals surface area (Å²) < 4.78 is 0. The van der Waals surface area contributed by atoms with Crippen molar-refractivity contribution in [2.45, 2.75) is 58.0 Å². The Hall–Kier alpha value is -0.610. The van der Waals surface area contributed by atoms with Gasteiger partial charge < -0.3 is 16.0 Å². The van der Waals surface area contributed by atoms with E-state index in [0.717, 1.165) is 25.4 Å². The first kappa shape index (κ1) is 15.4.